The molecule has 0 aromatic carbocycles. The minimum atomic E-state index is -0.0347. The van der Waals surface area contributed by atoms with Crippen molar-refractivity contribution in [1.82, 2.24) is 0 Å². The molecule has 0 amide bonds. The molecule has 0 radical (unpaired) electrons. The Morgan fingerprint density at radius 3 is 2.50 bits per heavy atom. The van der Waals surface area contributed by atoms with Crippen LogP contribution < -0.4 is 0 Å². The molecule has 0 saturated carbocycles. The number of hydrogen-bond donors (Lipinski definition) is 0. The summed E-state index contributed by atoms with van der Waals surface area (Å²) in [6.45, 7) is 13.0. The molecule has 2 nitrogen and oxygen atoms in total. The van der Waals surface area contributed by atoms with Crippen molar-refractivity contribution >= 4 is 5.97 Å². The topological polar surface area (TPSA) is 26.3 Å². The summed E-state index contributed by atoms with van der Waals surface area (Å²) >= 11 is 0. The zero-order valence-electron chi connectivity index (χ0n) is 15.2. The van der Waals surface area contributed by atoms with Crippen molar-refractivity contribution in [3.63, 3.8) is 0 Å². The summed E-state index contributed by atoms with van der Waals surface area (Å²) in [5.41, 5.74) is 1.37. The Labute approximate surface area is 138 Å². The second kappa shape index (κ2) is 13.6. The highest BCUT2D eigenvalue weighted by Crippen LogP contribution is 2.17. The van der Waals surface area contributed by atoms with Crippen LogP contribution in [0.4, 0.5) is 0 Å². The number of unbranched alkanes of at least 4 members (excludes halogenated alkanes) is 2. The molecule has 0 aromatic heterocycles. The van der Waals surface area contributed by atoms with Crippen molar-refractivity contribution in [3.8, 4) is 0 Å². The van der Waals surface area contributed by atoms with Gasteiger partial charge in [-0.25, -0.2) is 0 Å². The summed E-state index contributed by atoms with van der Waals surface area (Å²) in [5, 5.41) is 0. The molecule has 0 rings (SSSR count). The molecular formula is C20H36O2. The Bertz CT molecular complexity index is 327. The summed E-state index contributed by atoms with van der Waals surface area (Å²) in [4.78, 5) is 12.1. The van der Waals surface area contributed by atoms with Gasteiger partial charge in [-0.15, -0.1) is 6.58 Å². The molecule has 0 aromatic rings. The van der Waals surface area contributed by atoms with E-state index >= 15 is 0 Å². The third-order valence-corrected chi connectivity index (χ3v) is 4.01. The lowest BCUT2D eigenvalue weighted by Gasteiger charge is -2.16. The summed E-state index contributed by atoms with van der Waals surface area (Å²) in [6.07, 6.45) is 12.5. The predicted molar refractivity (Wildman–Crippen MR) is 95.9 cm³/mol. The molecule has 0 saturated heterocycles. The smallest absolute Gasteiger partial charge is 0.309 e. The number of rotatable bonds is 13. The van der Waals surface area contributed by atoms with Crippen molar-refractivity contribution in [2.45, 2.75) is 79.1 Å². The molecule has 0 N–H and O–H groups in total. The minimum Gasteiger partial charge on any atom is -0.465 e. The first-order valence-corrected chi connectivity index (χ1v) is 8.92. The highest BCUT2D eigenvalue weighted by molar-refractivity contribution is 5.72. The quantitative estimate of drug-likeness (QED) is 0.234. The van der Waals surface area contributed by atoms with Crippen molar-refractivity contribution in [2.75, 3.05) is 6.61 Å². The number of carbonyl (C=O) groups is 1. The van der Waals surface area contributed by atoms with Gasteiger partial charge < -0.3 is 4.74 Å². The van der Waals surface area contributed by atoms with E-state index in [0.717, 1.165) is 38.5 Å². The number of esters is 1. The molecular weight excluding hydrogens is 272 g/mol. The minimum absolute atomic E-state index is 0.00466. The van der Waals surface area contributed by atoms with Gasteiger partial charge in [0.15, 0.2) is 0 Å². The zero-order valence-corrected chi connectivity index (χ0v) is 15.2. The lowest BCUT2D eigenvalue weighted by Crippen LogP contribution is -2.18. The Kier molecular flexibility index (Phi) is 13.0. The van der Waals surface area contributed by atoms with E-state index < -0.39 is 0 Å². The van der Waals surface area contributed by atoms with Crippen LogP contribution in [0.15, 0.2) is 24.3 Å². The fourth-order valence-electron chi connectivity index (χ4n) is 2.45. The van der Waals surface area contributed by atoms with Gasteiger partial charge in [-0.05, 0) is 51.9 Å². The van der Waals surface area contributed by atoms with Crippen LogP contribution in [0.3, 0.4) is 0 Å². The van der Waals surface area contributed by atoms with E-state index in [9.17, 15) is 4.79 Å². The summed E-state index contributed by atoms with van der Waals surface area (Å²) in [5.74, 6) is 0.568. The Balaban J connectivity index is 3.96. The Morgan fingerprint density at radius 2 is 1.91 bits per heavy atom. The Hall–Kier alpha value is -1.05. The van der Waals surface area contributed by atoms with E-state index in [0.29, 0.717) is 12.5 Å². The molecule has 0 heterocycles. The second-order valence-electron chi connectivity index (χ2n) is 6.64. The fraction of sp³-hybridized carbons (Fsp3) is 0.750. The number of hydrogen-bond acceptors (Lipinski definition) is 2. The molecule has 128 valence electrons. The van der Waals surface area contributed by atoms with Gasteiger partial charge in [0.2, 0.25) is 0 Å². The van der Waals surface area contributed by atoms with Crippen molar-refractivity contribution in [1.29, 1.82) is 0 Å². The highest BCUT2D eigenvalue weighted by Gasteiger charge is 2.18. The van der Waals surface area contributed by atoms with Gasteiger partial charge in [-0.2, -0.15) is 0 Å². The first-order valence-electron chi connectivity index (χ1n) is 8.92. The Morgan fingerprint density at radius 1 is 1.18 bits per heavy atom. The van der Waals surface area contributed by atoms with Crippen LogP contribution in [0.1, 0.15) is 79.1 Å². The van der Waals surface area contributed by atoms with Crippen LogP contribution in [0.2, 0.25) is 0 Å². The third kappa shape index (κ3) is 11.6. The molecule has 2 unspecified atom stereocenters. The molecule has 0 fully saturated rings. The largest absolute Gasteiger partial charge is 0.465 e. The van der Waals surface area contributed by atoms with Crippen LogP contribution in [-0.4, -0.2) is 12.6 Å². The van der Waals surface area contributed by atoms with Crippen LogP contribution in [-0.2, 0) is 9.53 Å². The van der Waals surface area contributed by atoms with E-state index in [1.54, 1.807) is 0 Å². The van der Waals surface area contributed by atoms with Gasteiger partial charge in [-0.1, -0.05) is 50.8 Å². The SMILES string of the molecule is C=CCC(CCCCC)C(=O)OCCC(C)CCC=C(C)C. The van der Waals surface area contributed by atoms with E-state index in [1.165, 1.54) is 18.4 Å². The standard InChI is InChI=1S/C20H36O2/c1-6-8-9-14-19(11-7-2)20(21)22-16-15-18(5)13-10-12-17(3)4/h7,12,18-19H,2,6,8-11,13-16H2,1,3-5H3. The molecule has 0 spiro atoms. The van der Waals surface area contributed by atoms with Crippen LogP contribution in [0, 0.1) is 11.8 Å². The van der Waals surface area contributed by atoms with Gasteiger partial charge in [0.05, 0.1) is 12.5 Å². The van der Waals surface area contributed by atoms with Gasteiger partial charge >= 0.3 is 5.97 Å². The molecule has 2 heteroatoms. The number of ether oxygens (including phenoxy) is 1. The number of allylic oxidation sites excluding steroid dienone is 3. The van der Waals surface area contributed by atoms with Gasteiger partial charge in [0.25, 0.3) is 0 Å². The van der Waals surface area contributed by atoms with E-state index in [4.69, 9.17) is 4.74 Å². The van der Waals surface area contributed by atoms with Gasteiger partial charge in [0.1, 0.15) is 0 Å². The maximum absolute atomic E-state index is 12.1. The highest BCUT2D eigenvalue weighted by atomic mass is 16.5. The predicted octanol–water partition coefficient (Wildman–Crippen LogP) is 6.07. The molecule has 2 atom stereocenters. The normalized spacial score (nSPS) is 13.3. The first kappa shape index (κ1) is 20.9. The molecule has 0 aliphatic heterocycles. The average molecular weight is 309 g/mol. The van der Waals surface area contributed by atoms with Crippen LogP contribution >= 0.6 is 0 Å². The summed E-state index contributed by atoms with van der Waals surface area (Å²) < 4.78 is 5.48. The summed E-state index contributed by atoms with van der Waals surface area (Å²) in [6, 6.07) is 0. The van der Waals surface area contributed by atoms with Crippen LogP contribution in [0.5, 0.6) is 0 Å². The third-order valence-electron chi connectivity index (χ3n) is 4.01. The summed E-state index contributed by atoms with van der Waals surface area (Å²) in [7, 11) is 0. The molecule has 0 aliphatic carbocycles. The van der Waals surface area contributed by atoms with E-state index in [2.05, 4.69) is 40.3 Å². The van der Waals surface area contributed by atoms with Crippen molar-refractivity contribution < 1.29 is 9.53 Å². The molecule has 0 aliphatic rings. The van der Waals surface area contributed by atoms with Gasteiger partial charge in [0, 0.05) is 0 Å². The van der Waals surface area contributed by atoms with Gasteiger partial charge in [-0.3, -0.25) is 4.79 Å². The van der Waals surface area contributed by atoms with E-state index in [1.807, 2.05) is 6.08 Å². The monoisotopic (exact) mass is 308 g/mol. The first-order chi connectivity index (χ1) is 10.5. The zero-order chi connectivity index (χ0) is 16.8. The molecule has 22 heavy (non-hydrogen) atoms. The molecule has 0 bridgehead atoms. The average Bonchev–Trinajstić information content (AvgIpc) is 2.46. The maximum atomic E-state index is 12.1. The van der Waals surface area contributed by atoms with Crippen molar-refractivity contribution in [3.05, 3.63) is 24.3 Å². The lowest BCUT2D eigenvalue weighted by molar-refractivity contribution is -0.149. The van der Waals surface area contributed by atoms with Crippen molar-refractivity contribution in [2.24, 2.45) is 11.8 Å². The fourth-order valence-corrected chi connectivity index (χ4v) is 2.45. The van der Waals surface area contributed by atoms with E-state index in [-0.39, 0.29) is 11.9 Å². The second-order valence-corrected chi connectivity index (χ2v) is 6.64. The number of carbonyl (C=O) groups excluding carboxylic acids is 1. The lowest BCUT2D eigenvalue weighted by atomic mass is 9.98. The maximum Gasteiger partial charge on any atom is 0.309 e. The van der Waals surface area contributed by atoms with Crippen LogP contribution in [0.25, 0.3) is 0 Å².